The van der Waals surface area contributed by atoms with Gasteiger partial charge in [-0.3, -0.25) is 4.79 Å². The van der Waals surface area contributed by atoms with Crippen LogP contribution in [0.3, 0.4) is 0 Å². The van der Waals surface area contributed by atoms with Crippen LogP contribution in [0.25, 0.3) is 5.69 Å². The largest absolute Gasteiger partial charge is 0.352 e. The number of aromatic nitrogens is 4. The van der Waals surface area contributed by atoms with Crippen molar-refractivity contribution in [3.05, 3.63) is 52.7 Å². The molecule has 1 atom stereocenters. The fourth-order valence-electron chi connectivity index (χ4n) is 2.30. The third-order valence-corrected chi connectivity index (χ3v) is 4.42. The minimum atomic E-state index is -0.747. The molecule has 2 aromatic heterocycles. The van der Waals surface area contributed by atoms with E-state index in [-0.39, 0.29) is 12.1 Å². The summed E-state index contributed by atoms with van der Waals surface area (Å²) in [7, 11) is 0. The van der Waals surface area contributed by atoms with Gasteiger partial charge >= 0.3 is 6.03 Å². The number of urea groups is 1. The van der Waals surface area contributed by atoms with Crippen molar-refractivity contribution in [1.29, 1.82) is 0 Å². The first-order chi connectivity index (χ1) is 12.5. The Labute approximate surface area is 151 Å². The maximum absolute atomic E-state index is 14.0. The number of rotatable bonds is 6. The minimum absolute atomic E-state index is 0.0213. The van der Waals surface area contributed by atoms with Crippen molar-refractivity contribution in [1.82, 2.24) is 25.5 Å². The molecule has 0 aliphatic carbocycles. The monoisotopic (exact) mass is 375 g/mol. The van der Waals surface area contributed by atoms with Crippen LogP contribution in [0.4, 0.5) is 14.9 Å². The lowest BCUT2D eigenvalue weighted by Crippen LogP contribution is -2.35. The van der Waals surface area contributed by atoms with Crippen LogP contribution in [-0.4, -0.2) is 32.1 Å². The molecule has 1 aromatic carbocycles. The van der Waals surface area contributed by atoms with Crippen molar-refractivity contribution in [2.24, 2.45) is 5.73 Å². The molecule has 4 N–H and O–H groups in total. The highest BCUT2D eigenvalue weighted by molar-refractivity contribution is 7.10. The van der Waals surface area contributed by atoms with Gasteiger partial charge < -0.3 is 16.4 Å². The fourth-order valence-corrected chi connectivity index (χ4v) is 3.08. The number of halogens is 1. The van der Waals surface area contributed by atoms with Crippen LogP contribution in [-0.2, 0) is 4.79 Å². The third-order valence-electron chi connectivity index (χ3n) is 3.43. The highest BCUT2D eigenvalue weighted by Gasteiger charge is 2.19. The molecule has 0 fully saturated rings. The van der Waals surface area contributed by atoms with Crippen LogP contribution < -0.4 is 16.4 Å². The lowest BCUT2D eigenvalue weighted by atomic mass is 10.1. The minimum Gasteiger partial charge on any atom is -0.352 e. The summed E-state index contributed by atoms with van der Waals surface area (Å²) in [5.41, 5.74) is 5.63. The van der Waals surface area contributed by atoms with Crippen LogP contribution in [0.15, 0.2) is 42.0 Å². The number of benzene rings is 1. The first-order valence-electron chi connectivity index (χ1n) is 7.45. The zero-order valence-electron chi connectivity index (χ0n) is 13.3. The zero-order chi connectivity index (χ0) is 18.5. The molecule has 0 saturated heterocycles. The van der Waals surface area contributed by atoms with Gasteiger partial charge in [-0.05, 0) is 40.1 Å². The van der Waals surface area contributed by atoms with Crippen molar-refractivity contribution in [3.63, 3.8) is 0 Å². The second-order valence-electron chi connectivity index (χ2n) is 5.25. The number of thiophene rings is 1. The molecule has 1 unspecified atom stereocenters. The van der Waals surface area contributed by atoms with Crippen LogP contribution in [0.5, 0.6) is 0 Å². The van der Waals surface area contributed by atoms with E-state index in [9.17, 15) is 14.0 Å². The van der Waals surface area contributed by atoms with Crippen LogP contribution in [0.1, 0.15) is 17.3 Å². The van der Waals surface area contributed by atoms with Crippen LogP contribution in [0.2, 0.25) is 0 Å². The average molecular weight is 375 g/mol. The van der Waals surface area contributed by atoms with E-state index in [1.807, 2.05) is 5.38 Å². The smallest absolute Gasteiger partial charge is 0.312 e. The van der Waals surface area contributed by atoms with Gasteiger partial charge in [0.1, 0.15) is 12.1 Å². The Bertz CT molecular complexity index is 899. The molecule has 2 heterocycles. The summed E-state index contributed by atoms with van der Waals surface area (Å²) in [6, 6.07) is 6.31. The molecule has 0 spiro atoms. The van der Waals surface area contributed by atoms with Crippen LogP contribution in [0, 0.1) is 5.82 Å². The number of anilines is 1. The number of nitrogens with two attached hydrogens (primary N) is 1. The van der Waals surface area contributed by atoms with Gasteiger partial charge in [-0.25, -0.2) is 13.9 Å². The van der Waals surface area contributed by atoms with Crippen molar-refractivity contribution in [2.75, 3.05) is 5.32 Å². The molecule has 0 radical (unpaired) electrons. The molecule has 11 heteroatoms. The molecule has 3 amide bonds. The Kier molecular flexibility index (Phi) is 5.17. The number of carbonyl (C=O) groups is 2. The highest BCUT2D eigenvalue weighted by Crippen LogP contribution is 2.24. The number of hydrogen-bond acceptors (Lipinski definition) is 6. The van der Waals surface area contributed by atoms with Crippen molar-refractivity contribution >= 4 is 29.0 Å². The predicted octanol–water partition coefficient (Wildman–Crippen LogP) is 1.60. The molecule has 0 aliphatic heterocycles. The molecule has 3 aromatic rings. The first kappa shape index (κ1) is 17.5. The van der Waals surface area contributed by atoms with E-state index >= 15 is 0 Å². The van der Waals surface area contributed by atoms with E-state index in [4.69, 9.17) is 5.73 Å². The molecule has 0 saturated carbocycles. The highest BCUT2D eigenvalue weighted by atomic mass is 32.1. The lowest BCUT2D eigenvalue weighted by Gasteiger charge is -2.16. The van der Waals surface area contributed by atoms with Gasteiger partial charge in [0.05, 0.1) is 23.8 Å². The van der Waals surface area contributed by atoms with Gasteiger partial charge in [0.15, 0.2) is 0 Å². The van der Waals surface area contributed by atoms with Crippen LogP contribution >= 0.6 is 11.3 Å². The fraction of sp³-hybridized carbons (Fsp3) is 0.133. The van der Waals surface area contributed by atoms with E-state index in [1.165, 1.54) is 40.5 Å². The van der Waals surface area contributed by atoms with E-state index in [0.29, 0.717) is 5.69 Å². The summed E-state index contributed by atoms with van der Waals surface area (Å²) in [5.74, 6) is -1.09. The first-order valence-corrected chi connectivity index (χ1v) is 8.33. The quantitative estimate of drug-likeness (QED) is 0.603. The second kappa shape index (κ2) is 7.70. The normalized spacial score (nSPS) is 11.7. The summed E-state index contributed by atoms with van der Waals surface area (Å²) in [4.78, 5) is 24.3. The molecule has 0 aliphatic rings. The van der Waals surface area contributed by atoms with Crippen molar-refractivity contribution in [3.8, 4) is 5.69 Å². The Morgan fingerprint density at radius 2 is 2.19 bits per heavy atom. The maximum atomic E-state index is 14.0. The summed E-state index contributed by atoms with van der Waals surface area (Å²) in [5, 5.41) is 17.6. The zero-order valence-corrected chi connectivity index (χ0v) is 14.1. The van der Waals surface area contributed by atoms with E-state index in [0.717, 1.165) is 4.88 Å². The number of hydrogen-bond donors (Lipinski definition) is 3. The topological polar surface area (TPSA) is 128 Å². The maximum Gasteiger partial charge on any atom is 0.312 e. The summed E-state index contributed by atoms with van der Waals surface area (Å²) in [6.07, 6.45) is 1.25. The van der Waals surface area contributed by atoms with Gasteiger partial charge in [0, 0.05) is 4.88 Å². The van der Waals surface area contributed by atoms with Gasteiger partial charge in [0.2, 0.25) is 5.91 Å². The van der Waals surface area contributed by atoms with E-state index in [2.05, 4.69) is 26.2 Å². The standard InChI is InChI=1S/C15H14FN7O2S/c16-10-4-3-9(23-8-18-21-22-23)6-11(10)19-14(24)7-12(20-15(17)25)13-2-1-5-26-13/h1-6,8,12H,7H2,(H,19,24)(H3,17,20,25). The molecule has 26 heavy (non-hydrogen) atoms. The Balaban J connectivity index is 1.74. The number of tetrazole rings is 1. The molecule has 3 rings (SSSR count). The summed E-state index contributed by atoms with van der Waals surface area (Å²) >= 11 is 1.38. The van der Waals surface area contributed by atoms with E-state index in [1.54, 1.807) is 12.1 Å². The van der Waals surface area contributed by atoms with Crippen molar-refractivity contribution < 1.29 is 14.0 Å². The number of carbonyl (C=O) groups excluding carboxylic acids is 2. The second-order valence-corrected chi connectivity index (χ2v) is 6.23. The van der Waals surface area contributed by atoms with Gasteiger partial charge in [-0.2, -0.15) is 0 Å². The number of nitrogens with zero attached hydrogens (tertiary/aromatic N) is 4. The molecule has 0 bridgehead atoms. The molecular formula is C15H14FN7O2S. The molecular weight excluding hydrogens is 361 g/mol. The Hall–Kier alpha value is -3.34. The Morgan fingerprint density at radius 1 is 1.35 bits per heavy atom. The lowest BCUT2D eigenvalue weighted by molar-refractivity contribution is -0.116. The van der Waals surface area contributed by atoms with E-state index < -0.39 is 23.8 Å². The third kappa shape index (κ3) is 4.19. The number of nitrogens with one attached hydrogen (secondary N) is 2. The predicted molar refractivity (Wildman–Crippen MR) is 92.1 cm³/mol. The Morgan fingerprint density at radius 3 is 2.85 bits per heavy atom. The number of amides is 3. The van der Waals surface area contributed by atoms with Gasteiger partial charge in [-0.1, -0.05) is 6.07 Å². The molecule has 9 nitrogen and oxygen atoms in total. The van der Waals surface area contributed by atoms with Gasteiger partial charge in [-0.15, -0.1) is 16.4 Å². The number of primary amides is 1. The molecule has 134 valence electrons. The summed E-state index contributed by atoms with van der Waals surface area (Å²) < 4.78 is 15.4. The SMILES string of the molecule is NC(=O)NC(CC(=O)Nc1cc(-n2cnnn2)ccc1F)c1cccs1. The van der Waals surface area contributed by atoms with Gasteiger partial charge in [0.25, 0.3) is 0 Å². The van der Waals surface area contributed by atoms with Crippen molar-refractivity contribution in [2.45, 2.75) is 12.5 Å². The average Bonchev–Trinajstić information content (AvgIpc) is 3.29. The summed E-state index contributed by atoms with van der Waals surface area (Å²) in [6.45, 7) is 0.